The van der Waals surface area contributed by atoms with Crippen LogP contribution in [0.15, 0.2) is 29.2 Å². The number of hydrogen-bond donors (Lipinski definition) is 1. The minimum atomic E-state index is -4.71. The number of nitrogen functional groups attached to an aromatic ring is 1. The van der Waals surface area contributed by atoms with E-state index in [1.165, 1.54) is 12.3 Å². The monoisotopic (exact) mass is 393 g/mol. The lowest BCUT2D eigenvalue weighted by Crippen LogP contribution is -2.11. The fourth-order valence-electron chi connectivity index (χ4n) is 2.81. The van der Waals surface area contributed by atoms with Gasteiger partial charge in [0.1, 0.15) is 0 Å². The maximum Gasteiger partial charge on any atom is 0.435 e. The topological polar surface area (TPSA) is 109 Å². The molecule has 4 rings (SSSR count). The molecule has 2 N–H and O–H groups in total. The molecule has 0 spiro atoms. The zero-order valence-corrected chi connectivity index (χ0v) is 14.2. The van der Waals surface area contributed by atoms with E-state index in [2.05, 4.69) is 30.0 Å². The first-order valence-corrected chi connectivity index (χ1v) is 7.88. The van der Waals surface area contributed by atoms with Gasteiger partial charge in [-0.25, -0.2) is 14.6 Å². The van der Waals surface area contributed by atoms with Crippen molar-refractivity contribution in [3.8, 4) is 11.1 Å². The van der Waals surface area contributed by atoms with E-state index in [0.717, 1.165) is 16.9 Å². The standard InChI is InChI=1S/C16H11F4N7O/c1-7-9(12(21)13-15(23-7)26-28-25-13)5-27-6-10(14(24-27)16(18,19)20)8-2-3-11(17)22-4-8/h2-4,6H,5,21H2,1H3. The second-order valence-electron chi connectivity index (χ2n) is 5.98. The Morgan fingerprint density at radius 2 is 2.00 bits per heavy atom. The zero-order chi connectivity index (χ0) is 20.1. The minimum absolute atomic E-state index is 0.0824. The Morgan fingerprint density at radius 3 is 2.68 bits per heavy atom. The molecule has 0 saturated heterocycles. The van der Waals surface area contributed by atoms with E-state index in [0.29, 0.717) is 11.3 Å². The highest BCUT2D eigenvalue weighted by Gasteiger charge is 2.37. The second-order valence-corrected chi connectivity index (χ2v) is 5.98. The summed E-state index contributed by atoms with van der Waals surface area (Å²) in [4.78, 5) is 7.58. The fraction of sp³-hybridized carbons (Fsp3) is 0.188. The molecule has 0 aliphatic carbocycles. The van der Waals surface area contributed by atoms with E-state index in [1.54, 1.807) is 6.92 Å². The first-order valence-electron chi connectivity index (χ1n) is 7.88. The molecule has 4 heterocycles. The predicted molar refractivity (Wildman–Crippen MR) is 88.3 cm³/mol. The highest BCUT2D eigenvalue weighted by atomic mass is 19.4. The highest BCUT2D eigenvalue weighted by Crippen LogP contribution is 2.36. The third-order valence-corrected chi connectivity index (χ3v) is 4.15. The maximum absolute atomic E-state index is 13.5. The number of hydrogen-bond acceptors (Lipinski definition) is 7. The molecule has 4 aromatic rings. The van der Waals surface area contributed by atoms with E-state index < -0.39 is 17.8 Å². The van der Waals surface area contributed by atoms with Crippen LogP contribution in [0.3, 0.4) is 0 Å². The van der Waals surface area contributed by atoms with Gasteiger partial charge >= 0.3 is 6.18 Å². The van der Waals surface area contributed by atoms with Crippen LogP contribution < -0.4 is 5.73 Å². The first-order chi connectivity index (χ1) is 13.2. The van der Waals surface area contributed by atoms with E-state index in [9.17, 15) is 17.6 Å². The molecular formula is C16H11F4N7O. The van der Waals surface area contributed by atoms with E-state index in [1.807, 2.05) is 0 Å². The van der Waals surface area contributed by atoms with Crippen LogP contribution in [0.4, 0.5) is 23.2 Å². The number of aryl methyl sites for hydroxylation is 1. The summed E-state index contributed by atoms with van der Waals surface area (Å²) in [5.41, 5.74) is 6.29. The van der Waals surface area contributed by atoms with Crippen LogP contribution >= 0.6 is 0 Å². The van der Waals surface area contributed by atoms with Crippen molar-refractivity contribution in [1.82, 2.24) is 30.1 Å². The van der Waals surface area contributed by atoms with Gasteiger partial charge in [0.05, 0.1) is 12.2 Å². The molecule has 144 valence electrons. The van der Waals surface area contributed by atoms with Crippen molar-refractivity contribution in [2.75, 3.05) is 5.73 Å². The van der Waals surface area contributed by atoms with Crippen molar-refractivity contribution in [3.63, 3.8) is 0 Å². The van der Waals surface area contributed by atoms with Crippen LogP contribution in [0, 0.1) is 12.9 Å². The molecule has 8 nitrogen and oxygen atoms in total. The summed E-state index contributed by atoms with van der Waals surface area (Å²) >= 11 is 0. The van der Waals surface area contributed by atoms with Crippen LogP contribution in [-0.4, -0.2) is 30.1 Å². The number of pyridine rings is 2. The highest BCUT2D eigenvalue weighted by molar-refractivity contribution is 5.85. The van der Waals surface area contributed by atoms with Crippen LogP contribution in [0.25, 0.3) is 22.3 Å². The average Bonchev–Trinajstić information content (AvgIpc) is 3.26. The Hall–Kier alpha value is -3.57. The Kier molecular flexibility index (Phi) is 3.98. The number of fused-ring (bicyclic) bond motifs is 1. The Bertz CT molecular complexity index is 1160. The Labute approximate surface area is 154 Å². The summed E-state index contributed by atoms with van der Waals surface area (Å²) in [6.07, 6.45) is -2.50. The third-order valence-electron chi connectivity index (χ3n) is 4.15. The molecule has 0 aliphatic heterocycles. The molecule has 28 heavy (non-hydrogen) atoms. The van der Waals surface area contributed by atoms with Gasteiger partial charge in [0.15, 0.2) is 11.2 Å². The number of anilines is 1. The fourth-order valence-corrected chi connectivity index (χ4v) is 2.81. The molecule has 0 radical (unpaired) electrons. The van der Waals surface area contributed by atoms with Gasteiger partial charge < -0.3 is 5.73 Å². The largest absolute Gasteiger partial charge is 0.435 e. The van der Waals surface area contributed by atoms with E-state index in [4.69, 9.17) is 5.73 Å². The zero-order valence-electron chi connectivity index (χ0n) is 14.2. The molecule has 0 amide bonds. The van der Waals surface area contributed by atoms with Gasteiger partial charge in [-0.15, -0.1) is 0 Å². The average molecular weight is 393 g/mol. The second kappa shape index (κ2) is 6.25. The molecule has 0 atom stereocenters. The Morgan fingerprint density at radius 1 is 1.21 bits per heavy atom. The van der Waals surface area contributed by atoms with Gasteiger partial charge in [0, 0.05) is 34.8 Å². The predicted octanol–water partition coefficient (Wildman–Crippen LogP) is 2.97. The molecule has 0 unspecified atom stereocenters. The molecule has 0 aromatic carbocycles. The van der Waals surface area contributed by atoms with Gasteiger partial charge in [0.2, 0.25) is 11.6 Å². The van der Waals surface area contributed by atoms with Crippen molar-refractivity contribution >= 4 is 16.9 Å². The lowest BCUT2D eigenvalue weighted by Gasteiger charge is -2.08. The van der Waals surface area contributed by atoms with Crippen LogP contribution in [0.2, 0.25) is 0 Å². The molecule has 4 aromatic heterocycles. The molecule has 0 aliphatic rings. The molecule has 0 saturated carbocycles. The molecule has 12 heteroatoms. The lowest BCUT2D eigenvalue weighted by molar-refractivity contribution is -0.141. The van der Waals surface area contributed by atoms with Crippen molar-refractivity contribution in [1.29, 1.82) is 0 Å². The van der Waals surface area contributed by atoms with Gasteiger partial charge in [-0.2, -0.15) is 22.7 Å². The first kappa shape index (κ1) is 17.8. The van der Waals surface area contributed by atoms with Crippen molar-refractivity contribution < 1.29 is 22.2 Å². The summed E-state index contributed by atoms with van der Waals surface area (Å²) in [5.74, 6) is -0.798. The van der Waals surface area contributed by atoms with E-state index in [-0.39, 0.29) is 34.5 Å². The smallest absolute Gasteiger partial charge is 0.396 e. The molecule has 0 bridgehead atoms. The third kappa shape index (κ3) is 3.02. The van der Waals surface area contributed by atoms with Gasteiger partial charge in [0.25, 0.3) is 0 Å². The minimum Gasteiger partial charge on any atom is -0.396 e. The quantitative estimate of drug-likeness (QED) is 0.421. The number of nitrogens with zero attached hydrogens (tertiary/aromatic N) is 6. The summed E-state index contributed by atoms with van der Waals surface area (Å²) < 4.78 is 59.1. The van der Waals surface area contributed by atoms with E-state index >= 15 is 0 Å². The van der Waals surface area contributed by atoms with Crippen LogP contribution in [-0.2, 0) is 12.7 Å². The van der Waals surface area contributed by atoms with Crippen molar-refractivity contribution in [2.24, 2.45) is 0 Å². The Balaban J connectivity index is 1.80. The van der Waals surface area contributed by atoms with Crippen molar-refractivity contribution in [3.05, 3.63) is 47.4 Å². The summed E-state index contributed by atoms with van der Waals surface area (Å²) in [6.45, 7) is 1.55. The van der Waals surface area contributed by atoms with Gasteiger partial charge in [-0.05, 0) is 29.4 Å². The number of halogens is 4. The summed E-state index contributed by atoms with van der Waals surface area (Å²) in [7, 11) is 0. The summed E-state index contributed by atoms with van der Waals surface area (Å²) in [6, 6.07) is 2.18. The lowest BCUT2D eigenvalue weighted by atomic mass is 10.1. The summed E-state index contributed by atoms with van der Waals surface area (Å²) in [5, 5.41) is 10.9. The normalized spacial score (nSPS) is 12.0. The number of aromatic nitrogens is 6. The van der Waals surface area contributed by atoms with Crippen LogP contribution in [0.5, 0.6) is 0 Å². The number of rotatable bonds is 3. The molecule has 0 fully saturated rings. The number of nitrogens with two attached hydrogens (primary N) is 1. The molecular weight excluding hydrogens is 382 g/mol. The van der Waals surface area contributed by atoms with Gasteiger partial charge in [-0.1, -0.05) is 0 Å². The SMILES string of the molecule is Cc1nc2nonc2c(N)c1Cn1cc(-c2ccc(F)nc2)c(C(F)(F)F)n1. The number of alkyl halides is 3. The van der Waals surface area contributed by atoms with Gasteiger partial charge in [-0.3, -0.25) is 4.68 Å². The maximum atomic E-state index is 13.5. The van der Waals surface area contributed by atoms with Crippen molar-refractivity contribution in [2.45, 2.75) is 19.6 Å². The van der Waals surface area contributed by atoms with Crippen LogP contribution in [0.1, 0.15) is 17.0 Å².